The first-order chi connectivity index (χ1) is 7.44. The Morgan fingerprint density at radius 3 is 2.69 bits per heavy atom. The smallest absolute Gasteiger partial charge is 0.153 e. The molecule has 2 unspecified atom stereocenters. The second-order valence-electron chi connectivity index (χ2n) is 4.84. The maximum Gasteiger partial charge on any atom is 0.153 e. The van der Waals surface area contributed by atoms with E-state index in [9.17, 15) is 8.42 Å². The first-order valence-corrected chi connectivity index (χ1v) is 7.97. The Morgan fingerprint density at radius 1 is 1.44 bits per heavy atom. The van der Waals surface area contributed by atoms with Gasteiger partial charge in [0, 0.05) is 18.6 Å². The quantitative estimate of drug-likeness (QED) is 0.775. The molecular weight excluding hydrogens is 224 g/mol. The van der Waals surface area contributed by atoms with E-state index in [1.54, 1.807) is 0 Å². The first-order valence-electron chi connectivity index (χ1n) is 6.14. The Bertz CT molecular complexity index is 303. The van der Waals surface area contributed by atoms with Gasteiger partial charge in [-0.05, 0) is 26.3 Å². The standard InChI is InChI=1S/C11H24N2O2S/c1-3-4-11(12)5-6-13-7-8-16(14,15)9-10(13)2/h10-11H,3-9,12H2,1-2H3. The molecular formula is C11H24N2O2S. The van der Waals surface area contributed by atoms with Crippen molar-refractivity contribution in [2.75, 3.05) is 24.6 Å². The third-order valence-electron chi connectivity index (χ3n) is 3.25. The maximum absolute atomic E-state index is 11.4. The topological polar surface area (TPSA) is 63.4 Å². The minimum absolute atomic E-state index is 0.146. The number of sulfone groups is 1. The number of nitrogens with zero attached hydrogens (tertiary/aromatic N) is 1. The Kier molecular flexibility index (Phi) is 5.21. The highest BCUT2D eigenvalue weighted by Gasteiger charge is 2.27. The Balaban J connectivity index is 2.33. The summed E-state index contributed by atoms with van der Waals surface area (Å²) in [6.45, 7) is 5.72. The molecule has 0 bridgehead atoms. The molecule has 1 saturated heterocycles. The molecule has 2 N–H and O–H groups in total. The van der Waals surface area contributed by atoms with Gasteiger partial charge in [-0.3, -0.25) is 4.90 Å². The van der Waals surface area contributed by atoms with Crippen molar-refractivity contribution < 1.29 is 8.42 Å². The Morgan fingerprint density at radius 2 is 2.12 bits per heavy atom. The van der Waals surface area contributed by atoms with Crippen LogP contribution in [0.5, 0.6) is 0 Å². The molecule has 0 saturated carbocycles. The van der Waals surface area contributed by atoms with E-state index in [4.69, 9.17) is 5.73 Å². The van der Waals surface area contributed by atoms with Crippen molar-refractivity contribution in [3.8, 4) is 0 Å². The molecule has 2 atom stereocenters. The molecule has 0 aromatic rings. The van der Waals surface area contributed by atoms with Gasteiger partial charge in [0.1, 0.15) is 0 Å². The van der Waals surface area contributed by atoms with E-state index < -0.39 is 9.84 Å². The van der Waals surface area contributed by atoms with Crippen molar-refractivity contribution in [1.82, 2.24) is 4.90 Å². The van der Waals surface area contributed by atoms with Crippen LogP contribution in [0.3, 0.4) is 0 Å². The predicted octanol–water partition coefficient (Wildman–Crippen LogP) is 0.623. The van der Waals surface area contributed by atoms with Crippen molar-refractivity contribution >= 4 is 9.84 Å². The van der Waals surface area contributed by atoms with Gasteiger partial charge in [0.05, 0.1) is 11.5 Å². The summed E-state index contributed by atoms with van der Waals surface area (Å²) in [7, 11) is -2.79. The van der Waals surface area contributed by atoms with E-state index in [2.05, 4.69) is 11.8 Å². The van der Waals surface area contributed by atoms with Gasteiger partial charge in [0.25, 0.3) is 0 Å². The molecule has 0 radical (unpaired) electrons. The van der Waals surface area contributed by atoms with Gasteiger partial charge in [0.2, 0.25) is 0 Å². The lowest BCUT2D eigenvalue weighted by atomic mass is 10.1. The molecule has 4 nitrogen and oxygen atoms in total. The van der Waals surface area contributed by atoms with Crippen LogP contribution in [0, 0.1) is 0 Å². The Labute approximate surface area is 99.1 Å². The summed E-state index contributed by atoms with van der Waals surface area (Å²) in [5, 5.41) is 0. The molecule has 0 amide bonds. The molecule has 0 aliphatic carbocycles. The highest BCUT2D eigenvalue weighted by Crippen LogP contribution is 2.12. The van der Waals surface area contributed by atoms with E-state index in [1.165, 1.54) is 0 Å². The lowest BCUT2D eigenvalue weighted by Crippen LogP contribution is -2.48. The fourth-order valence-electron chi connectivity index (χ4n) is 2.21. The summed E-state index contributed by atoms with van der Waals surface area (Å²) in [5.74, 6) is 0.608. The van der Waals surface area contributed by atoms with E-state index >= 15 is 0 Å². The zero-order valence-electron chi connectivity index (χ0n) is 10.4. The summed E-state index contributed by atoms with van der Waals surface area (Å²) < 4.78 is 22.8. The van der Waals surface area contributed by atoms with Gasteiger partial charge < -0.3 is 5.73 Å². The van der Waals surface area contributed by atoms with Gasteiger partial charge in [0.15, 0.2) is 9.84 Å². The van der Waals surface area contributed by atoms with Crippen LogP contribution in [-0.2, 0) is 9.84 Å². The third kappa shape index (κ3) is 4.39. The molecule has 5 heteroatoms. The van der Waals surface area contributed by atoms with Crippen LogP contribution in [0.1, 0.15) is 33.1 Å². The highest BCUT2D eigenvalue weighted by atomic mass is 32.2. The zero-order chi connectivity index (χ0) is 12.2. The predicted molar refractivity (Wildman–Crippen MR) is 67.2 cm³/mol. The number of hydrogen-bond donors (Lipinski definition) is 1. The van der Waals surface area contributed by atoms with Gasteiger partial charge in [-0.2, -0.15) is 0 Å². The second-order valence-corrected chi connectivity index (χ2v) is 7.07. The van der Waals surface area contributed by atoms with Crippen molar-refractivity contribution in [3.63, 3.8) is 0 Å². The fourth-order valence-corrected chi connectivity index (χ4v) is 3.84. The van der Waals surface area contributed by atoms with Crippen LogP contribution in [0.25, 0.3) is 0 Å². The van der Waals surface area contributed by atoms with Crippen LogP contribution < -0.4 is 5.73 Å². The molecule has 1 heterocycles. The van der Waals surface area contributed by atoms with E-state index in [-0.39, 0.29) is 12.1 Å². The van der Waals surface area contributed by atoms with Crippen molar-refractivity contribution in [1.29, 1.82) is 0 Å². The first kappa shape index (κ1) is 13.9. The third-order valence-corrected chi connectivity index (χ3v) is 5.05. The normalized spacial score (nSPS) is 27.8. The fraction of sp³-hybridized carbons (Fsp3) is 1.00. The molecule has 0 aromatic carbocycles. The molecule has 1 fully saturated rings. The molecule has 1 aliphatic heterocycles. The summed E-state index contributed by atoms with van der Waals surface area (Å²) >= 11 is 0. The molecule has 1 rings (SSSR count). The highest BCUT2D eigenvalue weighted by molar-refractivity contribution is 7.91. The number of rotatable bonds is 5. The van der Waals surface area contributed by atoms with Crippen LogP contribution in [0.15, 0.2) is 0 Å². The van der Waals surface area contributed by atoms with Crippen molar-refractivity contribution in [3.05, 3.63) is 0 Å². The minimum atomic E-state index is -2.79. The molecule has 96 valence electrons. The van der Waals surface area contributed by atoms with E-state index in [1.807, 2.05) is 6.92 Å². The zero-order valence-corrected chi connectivity index (χ0v) is 11.2. The summed E-state index contributed by atoms with van der Waals surface area (Å²) in [4.78, 5) is 2.25. The minimum Gasteiger partial charge on any atom is -0.328 e. The van der Waals surface area contributed by atoms with Crippen LogP contribution in [0.4, 0.5) is 0 Å². The maximum atomic E-state index is 11.4. The average molecular weight is 248 g/mol. The largest absolute Gasteiger partial charge is 0.328 e. The molecule has 16 heavy (non-hydrogen) atoms. The van der Waals surface area contributed by atoms with E-state index in [0.717, 1.165) is 25.8 Å². The van der Waals surface area contributed by atoms with Crippen LogP contribution in [0.2, 0.25) is 0 Å². The van der Waals surface area contributed by atoms with E-state index in [0.29, 0.717) is 18.1 Å². The van der Waals surface area contributed by atoms with Crippen molar-refractivity contribution in [2.24, 2.45) is 5.73 Å². The number of nitrogens with two attached hydrogens (primary N) is 1. The lowest BCUT2D eigenvalue weighted by molar-refractivity contribution is 0.217. The number of hydrogen-bond acceptors (Lipinski definition) is 4. The van der Waals surface area contributed by atoms with Crippen molar-refractivity contribution in [2.45, 2.75) is 45.2 Å². The monoisotopic (exact) mass is 248 g/mol. The summed E-state index contributed by atoms with van der Waals surface area (Å²) in [6.07, 6.45) is 3.14. The summed E-state index contributed by atoms with van der Waals surface area (Å²) in [5.41, 5.74) is 5.96. The SMILES string of the molecule is CCCC(N)CCN1CCS(=O)(=O)CC1C. The molecule has 0 spiro atoms. The van der Waals surface area contributed by atoms with Gasteiger partial charge in [-0.1, -0.05) is 13.3 Å². The lowest BCUT2D eigenvalue weighted by Gasteiger charge is -2.33. The summed E-state index contributed by atoms with van der Waals surface area (Å²) in [6, 6.07) is 0.406. The van der Waals surface area contributed by atoms with Crippen LogP contribution in [-0.4, -0.2) is 50.0 Å². The Hall–Kier alpha value is -0.130. The van der Waals surface area contributed by atoms with Gasteiger partial charge >= 0.3 is 0 Å². The average Bonchev–Trinajstić information content (AvgIpc) is 2.15. The van der Waals surface area contributed by atoms with Gasteiger partial charge in [-0.25, -0.2) is 8.42 Å². The molecule has 1 aliphatic rings. The second kappa shape index (κ2) is 5.98. The van der Waals surface area contributed by atoms with Crippen LogP contribution >= 0.6 is 0 Å². The molecule has 0 aromatic heterocycles. The van der Waals surface area contributed by atoms with Gasteiger partial charge in [-0.15, -0.1) is 0 Å².